The Labute approximate surface area is 170 Å². The van der Waals surface area contributed by atoms with Crippen molar-refractivity contribution in [1.29, 1.82) is 0 Å². The number of piperidine rings is 1. The fourth-order valence-electron chi connectivity index (χ4n) is 3.64. The van der Waals surface area contributed by atoms with Crippen LogP contribution in [0, 0.1) is 0 Å². The number of pyridine rings is 1. The van der Waals surface area contributed by atoms with Gasteiger partial charge in [-0.2, -0.15) is 0 Å². The van der Waals surface area contributed by atoms with Gasteiger partial charge in [0.1, 0.15) is 0 Å². The number of nitrogens with zero attached hydrogens (tertiary/aromatic N) is 4. The van der Waals surface area contributed by atoms with E-state index in [0.29, 0.717) is 17.9 Å². The summed E-state index contributed by atoms with van der Waals surface area (Å²) in [5.74, 6) is -0.434. The zero-order chi connectivity index (χ0) is 19.5. The predicted octanol–water partition coefficient (Wildman–Crippen LogP) is 3.45. The fourth-order valence-corrected chi connectivity index (χ4v) is 4.00. The standard InChI is InChI=1S/C20H20BrN5O2/c21-15-4-5-17-16(12-15)18(23-24-19(27)14-6-8-22-9-7-14)20(28)26(17)13-25-10-2-1-3-11-25/h4-9,12,28H,1-3,10-11,13H2/p+1. The Kier molecular flexibility index (Phi) is 5.50. The van der Waals surface area contributed by atoms with Crippen LogP contribution in [-0.4, -0.2) is 33.7 Å². The molecule has 1 aliphatic rings. The first-order valence-electron chi connectivity index (χ1n) is 9.34. The molecular formula is C20H21BrN5O2+. The number of rotatable bonds is 4. The number of fused-ring (bicyclic) bond motifs is 1. The molecule has 4 rings (SSSR count). The van der Waals surface area contributed by atoms with E-state index in [1.54, 1.807) is 12.1 Å². The number of nitrogens with one attached hydrogen (secondary N) is 1. The molecular weight excluding hydrogens is 422 g/mol. The molecule has 1 saturated heterocycles. The molecule has 3 heterocycles. The smallest absolute Gasteiger partial charge is 0.295 e. The highest BCUT2D eigenvalue weighted by molar-refractivity contribution is 9.10. The minimum absolute atomic E-state index is 0.0393. The molecule has 1 amide bonds. The molecule has 0 saturated carbocycles. The number of aromatic hydroxyl groups is 1. The van der Waals surface area contributed by atoms with Gasteiger partial charge < -0.3 is 10.0 Å². The first-order valence-corrected chi connectivity index (χ1v) is 10.1. The summed E-state index contributed by atoms with van der Waals surface area (Å²) >= 11 is 3.47. The van der Waals surface area contributed by atoms with Gasteiger partial charge in [0, 0.05) is 27.8 Å². The van der Waals surface area contributed by atoms with Crippen molar-refractivity contribution < 1.29 is 14.8 Å². The summed E-state index contributed by atoms with van der Waals surface area (Å²) in [5.41, 5.74) is 1.60. The van der Waals surface area contributed by atoms with Crippen LogP contribution in [-0.2, 0) is 6.67 Å². The summed E-state index contributed by atoms with van der Waals surface area (Å²) in [6, 6.07) is 8.95. The summed E-state index contributed by atoms with van der Waals surface area (Å²) in [6.45, 7) is 2.85. The van der Waals surface area contributed by atoms with Crippen molar-refractivity contribution in [3.8, 4) is 5.88 Å². The van der Waals surface area contributed by atoms with Crippen LogP contribution in [0.15, 0.2) is 57.4 Å². The van der Waals surface area contributed by atoms with Crippen LogP contribution in [0.25, 0.3) is 10.9 Å². The Morgan fingerprint density at radius 3 is 2.68 bits per heavy atom. The van der Waals surface area contributed by atoms with E-state index in [2.05, 4.69) is 31.1 Å². The Morgan fingerprint density at radius 2 is 1.93 bits per heavy atom. The average Bonchev–Trinajstić information content (AvgIpc) is 2.98. The van der Waals surface area contributed by atoms with Gasteiger partial charge in [-0.1, -0.05) is 15.9 Å². The summed E-state index contributed by atoms with van der Waals surface area (Å²) < 4.78 is 2.74. The SMILES string of the molecule is O=C(N=Nc1c(O)n(C[NH+]2CCCCC2)c2ccc(Br)cc12)c1ccncc1. The molecule has 2 N–H and O–H groups in total. The first kappa shape index (κ1) is 18.8. The molecule has 0 unspecified atom stereocenters. The van der Waals surface area contributed by atoms with Crippen molar-refractivity contribution in [2.45, 2.75) is 25.9 Å². The van der Waals surface area contributed by atoms with Gasteiger partial charge in [-0.3, -0.25) is 14.3 Å². The van der Waals surface area contributed by atoms with Crippen molar-refractivity contribution >= 4 is 38.4 Å². The summed E-state index contributed by atoms with van der Waals surface area (Å²) in [5, 5.41) is 19.6. The molecule has 0 atom stereocenters. The molecule has 144 valence electrons. The van der Waals surface area contributed by atoms with Gasteiger partial charge >= 0.3 is 0 Å². The molecule has 0 radical (unpaired) electrons. The van der Waals surface area contributed by atoms with Crippen molar-refractivity contribution in [2.24, 2.45) is 10.2 Å². The van der Waals surface area contributed by atoms with Gasteiger partial charge in [0.15, 0.2) is 12.4 Å². The Morgan fingerprint density at radius 1 is 1.18 bits per heavy atom. The minimum atomic E-state index is -0.473. The number of amides is 1. The topological polar surface area (TPSA) is 84.3 Å². The van der Waals surface area contributed by atoms with Gasteiger partial charge in [-0.05, 0) is 49.6 Å². The zero-order valence-electron chi connectivity index (χ0n) is 15.3. The third-order valence-corrected chi connectivity index (χ3v) is 5.58. The number of benzene rings is 1. The average molecular weight is 443 g/mol. The Balaban J connectivity index is 1.71. The van der Waals surface area contributed by atoms with Crippen molar-refractivity contribution in [2.75, 3.05) is 13.1 Å². The zero-order valence-corrected chi connectivity index (χ0v) is 16.9. The lowest BCUT2D eigenvalue weighted by Crippen LogP contribution is -3.12. The third-order valence-electron chi connectivity index (χ3n) is 5.08. The second-order valence-electron chi connectivity index (χ2n) is 6.97. The number of aromatic nitrogens is 2. The lowest BCUT2D eigenvalue weighted by Gasteiger charge is -2.24. The number of halogens is 1. The van der Waals surface area contributed by atoms with E-state index in [9.17, 15) is 9.90 Å². The van der Waals surface area contributed by atoms with Crippen molar-refractivity contribution in [3.63, 3.8) is 0 Å². The van der Waals surface area contributed by atoms with E-state index in [0.717, 1.165) is 28.5 Å². The molecule has 8 heteroatoms. The largest absolute Gasteiger partial charge is 0.493 e. The normalized spacial score (nSPS) is 15.5. The molecule has 0 bridgehead atoms. The number of azo groups is 1. The van der Waals surface area contributed by atoms with Gasteiger partial charge in [-0.25, -0.2) is 0 Å². The van der Waals surface area contributed by atoms with Crippen LogP contribution < -0.4 is 4.90 Å². The van der Waals surface area contributed by atoms with Gasteiger partial charge in [0.05, 0.1) is 18.6 Å². The molecule has 28 heavy (non-hydrogen) atoms. The highest BCUT2D eigenvalue weighted by Gasteiger charge is 2.22. The number of hydrogen-bond donors (Lipinski definition) is 2. The van der Waals surface area contributed by atoms with Crippen LogP contribution >= 0.6 is 15.9 Å². The summed E-state index contributed by atoms with van der Waals surface area (Å²) in [4.78, 5) is 17.6. The lowest BCUT2D eigenvalue weighted by atomic mass is 10.1. The van der Waals surface area contributed by atoms with E-state index in [4.69, 9.17) is 0 Å². The number of quaternary nitrogens is 1. The number of carbonyl (C=O) groups is 1. The van der Waals surface area contributed by atoms with Crippen LogP contribution in [0.3, 0.4) is 0 Å². The second-order valence-corrected chi connectivity index (χ2v) is 7.89. The molecule has 1 aliphatic heterocycles. The van der Waals surface area contributed by atoms with E-state index in [1.165, 1.54) is 36.6 Å². The molecule has 0 spiro atoms. The van der Waals surface area contributed by atoms with Gasteiger partial charge in [-0.15, -0.1) is 10.2 Å². The van der Waals surface area contributed by atoms with Crippen LogP contribution in [0.1, 0.15) is 29.6 Å². The Hall–Kier alpha value is -2.58. The van der Waals surface area contributed by atoms with Gasteiger partial charge in [0.25, 0.3) is 5.91 Å². The fraction of sp³-hybridized carbons (Fsp3) is 0.300. The van der Waals surface area contributed by atoms with E-state index < -0.39 is 5.91 Å². The van der Waals surface area contributed by atoms with E-state index in [1.807, 2.05) is 22.8 Å². The number of hydrogen-bond acceptors (Lipinski definition) is 4. The maximum Gasteiger partial charge on any atom is 0.295 e. The van der Waals surface area contributed by atoms with Crippen LogP contribution in [0.5, 0.6) is 5.88 Å². The highest BCUT2D eigenvalue weighted by atomic mass is 79.9. The predicted molar refractivity (Wildman–Crippen MR) is 109 cm³/mol. The second kappa shape index (κ2) is 8.20. The quantitative estimate of drug-likeness (QED) is 0.606. The van der Waals surface area contributed by atoms with Crippen molar-refractivity contribution in [3.05, 3.63) is 52.8 Å². The maximum atomic E-state index is 12.3. The summed E-state index contributed by atoms with van der Waals surface area (Å²) in [6.07, 6.45) is 6.74. The molecule has 0 aliphatic carbocycles. The van der Waals surface area contributed by atoms with Crippen LogP contribution in [0.4, 0.5) is 5.69 Å². The molecule has 1 fully saturated rings. The summed E-state index contributed by atoms with van der Waals surface area (Å²) in [7, 11) is 0. The molecule has 2 aromatic heterocycles. The van der Waals surface area contributed by atoms with E-state index in [-0.39, 0.29) is 5.88 Å². The number of carbonyl (C=O) groups excluding carboxylic acids is 1. The Bertz CT molecular complexity index is 1030. The third kappa shape index (κ3) is 3.83. The van der Waals surface area contributed by atoms with Crippen LogP contribution in [0.2, 0.25) is 0 Å². The molecule has 1 aromatic carbocycles. The highest BCUT2D eigenvalue weighted by Crippen LogP contribution is 2.39. The maximum absolute atomic E-state index is 12.3. The van der Waals surface area contributed by atoms with E-state index >= 15 is 0 Å². The molecule has 3 aromatic rings. The number of likely N-dealkylation sites (tertiary alicyclic amines) is 1. The first-order chi connectivity index (χ1) is 13.6. The minimum Gasteiger partial charge on any atom is -0.493 e. The van der Waals surface area contributed by atoms with Gasteiger partial charge in [0.2, 0.25) is 5.88 Å². The lowest BCUT2D eigenvalue weighted by molar-refractivity contribution is -0.927. The van der Waals surface area contributed by atoms with Crippen molar-refractivity contribution in [1.82, 2.24) is 9.55 Å². The monoisotopic (exact) mass is 442 g/mol. The molecule has 7 nitrogen and oxygen atoms in total.